The van der Waals surface area contributed by atoms with Crippen molar-refractivity contribution in [1.29, 1.82) is 0 Å². The number of amides is 1. The number of nitrogens with one attached hydrogen (secondary N) is 1. The molecule has 0 atom stereocenters. The lowest BCUT2D eigenvalue weighted by atomic mass is 9.71. The van der Waals surface area contributed by atoms with Gasteiger partial charge >= 0.3 is 5.97 Å². The van der Waals surface area contributed by atoms with Crippen molar-refractivity contribution in [3.05, 3.63) is 0 Å². The Morgan fingerprint density at radius 3 is 2.45 bits per heavy atom. The number of hydrogen-bond acceptors (Lipinski definition) is 3. The van der Waals surface area contributed by atoms with Gasteiger partial charge in [-0.15, -0.1) is 0 Å². The van der Waals surface area contributed by atoms with E-state index in [1.165, 1.54) is 0 Å². The van der Waals surface area contributed by atoms with Crippen molar-refractivity contribution in [3.63, 3.8) is 0 Å². The molecule has 2 N–H and O–H groups in total. The fourth-order valence-electron chi connectivity index (χ4n) is 3.34. The highest BCUT2D eigenvalue weighted by Crippen LogP contribution is 2.39. The van der Waals surface area contributed by atoms with Gasteiger partial charge in [0.1, 0.15) is 0 Å². The van der Waals surface area contributed by atoms with Crippen molar-refractivity contribution < 1.29 is 19.4 Å². The first kappa shape index (κ1) is 15.3. The smallest absolute Gasteiger partial charge is 0.310 e. The maximum Gasteiger partial charge on any atom is 0.310 e. The minimum atomic E-state index is -0.828. The summed E-state index contributed by atoms with van der Waals surface area (Å²) in [4.78, 5) is 23.6. The highest BCUT2D eigenvalue weighted by molar-refractivity contribution is 5.85. The van der Waals surface area contributed by atoms with E-state index in [1.807, 2.05) is 6.92 Å². The van der Waals surface area contributed by atoms with Gasteiger partial charge in [-0.2, -0.15) is 0 Å². The van der Waals surface area contributed by atoms with Gasteiger partial charge in [0, 0.05) is 19.1 Å². The summed E-state index contributed by atoms with van der Waals surface area (Å²) in [6.45, 7) is 2.67. The molecule has 0 aromatic carbocycles. The van der Waals surface area contributed by atoms with Crippen LogP contribution in [0.15, 0.2) is 0 Å². The Hall–Kier alpha value is -1.10. The van der Waals surface area contributed by atoms with Crippen LogP contribution >= 0.6 is 0 Å². The molecule has 2 saturated carbocycles. The number of carbonyl (C=O) groups excluding carboxylic acids is 1. The summed E-state index contributed by atoms with van der Waals surface area (Å²) >= 11 is 0. The second-order valence-electron chi connectivity index (χ2n) is 6.14. The maximum atomic E-state index is 12.1. The average molecular weight is 283 g/mol. The van der Waals surface area contributed by atoms with Gasteiger partial charge in [0.25, 0.3) is 0 Å². The molecule has 1 amide bonds. The predicted molar refractivity (Wildman–Crippen MR) is 74.3 cm³/mol. The first-order valence-electron chi connectivity index (χ1n) is 7.70. The average Bonchev–Trinajstić information content (AvgIpc) is 2.37. The molecule has 0 aliphatic heterocycles. The Labute approximate surface area is 120 Å². The van der Waals surface area contributed by atoms with E-state index < -0.39 is 11.4 Å². The number of carboxylic acids is 1. The first-order chi connectivity index (χ1) is 9.55. The molecule has 5 nitrogen and oxygen atoms in total. The zero-order chi connectivity index (χ0) is 14.6. The molecule has 0 saturated heterocycles. The molecule has 0 aromatic heterocycles. The number of carboxylic acid groups (broad SMARTS) is 1. The lowest BCUT2D eigenvalue weighted by Gasteiger charge is -2.37. The lowest BCUT2D eigenvalue weighted by Crippen LogP contribution is -2.49. The molecule has 0 aromatic rings. The zero-order valence-corrected chi connectivity index (χ0v) is 12.2. The summed E-state index contributed by atoms with van der Waals surface area (Å²) in [5.74, 6) is -0.928. The molecule has 114 valence electrons. The molecule has 0 radical (unpaired) electrons. The molecule has 2 aliphatic carbocycles. The highest BCUT2D eigenvalue weighted by Gasteiger charge is 2.42. The van der Waals surface area contributed by atoms with Crippen LogP contribution in [0.4, 0.5) is 0 Å². The van der Waals surface area contributed by atoms with Crippen LogP contribution in [-0.4, -0.2) is 35.7 Å². The van der Waals surface area contributed by atoms with Crippen molar-refractivity contribution in [1.82, 2.24) is 5.32 Å². The third-order valence-corrected chi connectivity index (χ3v) is 4.63. The molecule has 2 fully saturated rings. The zero-order valence-electron chi connectivity index (χ0n) is 12.2. The van der Waals surface area contributed by atoms with Crippen LogP contribution in [0.3, 0.4) is 0 Å². The van der Waals surface area contributed by atoms with Crippen molar-refractivity contribution in [2.45, 2.75) is 70.4 Å². The Morgan fingerprint density at radius 1 is 1.25 bits per heavy atom. The number of ether oxygens (including phenoxy) is 1. The van der Waals surface area contributed by atoms with Gasteiger partial charge in [-0.3, -0.25) is 9.59 Å². The van der Waals surface area contributed by atoms with Crippen LogP contribution in [0.25, 0.3) is 0 Å². The molecule has 5 heteroatoms. The molecule has 0 spiro atoms. The summed E-state index contributed by atoms with van der Waals surface area (Å²) in [6.07, 6.45) is 6.23. The number of aliphatic carboxylic acids is 1. The number of carbonyl (C=O) groups is 2. The molecule has 2 aliphatic rings. The fourth-order valence-corrected chi connectivity index (χ4v) is 3.34. The van der Waals surface area contributed by atoms with Gasteiger partial charge < -0.3 is 15.2 Å². The van der Waals surface area contributed by atoms with Gasteiger partial charge in [-0.25, -0.2) is 0 Å². The maximum absolute atomic E-state index is 12.1. The lowest BCUT2D eigenvalue weighted by molar-refractivity contribution is -0.154. The molecule has 0 heterocycles. The van der Waals surface area contributed by atoms with E-state index in [9.17, 15) is 14.7 Å². The molecule has 20 heavy (non-hydrogen) atoms. The summed E-state index contributed by atoms with van der Waals surface area (Å²) in [7, 11) is 0. The molecular formula is C15H25NO4. The van der Waals surface area contributed by atoms with Crippen LogP contribution in [0.1, 0.15) is 58.3 Å². The minimum Gasteiger partial charge on any atom is -0.481 e. The van der Waals surface area contributed by atoms with Crippen LogP contribution in [0.5, 0.6) is 0 Å². The monoisotopic (exact) mass is 283 g/mol. The Kier molecular flexibility index (Phi) is 5.02. The Bertz CT molecular complexity index is 357. The van der Waals surface area contributed by atoms with E-state index in [2.05, 4.69) is 5.32 Å². The SMILES string of the molecule is CCOC1CC(NC(=O)CC2(C(=O)O)CCCCC2)C1. The van der Waals surface area contributed by atoms with Crippen molar-refractivity contribution in [2.75, 3.05) is 6.61 Å². The summed E-state index contributed by atoms with van der Waals surface area (Å²) in [5, 5.41) is 12.4. The fraction of sp³-hybridized carbons (Fsp3) is 0.867. The van der Waals surface area contributed by atoms with Crippen molar-refractivity contribution >= 4 is 11.9 Å². The van der Waals surface area contributed by atoms with Gasteiger partial charge in [-0.1, -0.05) is 19.3 Å². The highest BCUT2D eigenvalue weighted by atomic mass is 16.5. The van der Waals surface area contributed by atoms with E-state index in [0.717, 1.165) is 32.1 Å². The second-order valence-corrected chi connectivity index (χ2v) is 6.14. The molecule has 2 rings (SSSR count). The third kappa shape index (κ3) is 3.51. The van der Waals surface area contributed by atoms with Gasteiger partial charge in [0.2, 0.25) is 5.91 Å². The van der Waals surface area contributed by atoms with Crippen LogP contribution < -0.4 is 5.32 Å². The minimum absolute atomic E-state index is 0.116. The molecule has 0 unspecified atom stereocenters. The topological polar surface area (TPSA) is 75.6 Å². The summed E-state index contributed by atoms with van der Waals surface area (Å²) in [6, 6.07) is 0.161. The summed E-state index contributed by atoms with van der Waals surface area (Å²) < 4.78 is 5.45. The van der Waals surface area contributed by atoms with Gasteiger partial charge in [0.05, 0.1) is 11.5 Å². The summed E-state index contributed by atoms with van der Waals surface area (Å²) in [5.41, 5.74) is -0.828. The van der Waals surface area contributed by atoms with Gasteiger partial charge in [0.15, 0.2) is 0 Å². The first-order valence-corrected chi connectivity index (χ1v) is 7.70. The van der Waals surface area contributed by atoms with E-state index in [4.69, 9.17) is 4.74 Å². The van der Waals surface area contributed by atoms with Gasteiger partial charge in [-0.05, 0) is 32.6 Å². The van der Waals surface area contributed by atoms with E-state index in [0.29, 0.717) is 19.4 Å². The Balaban J connectivity index is 1.79. The third-order valence-electron chi connectivity index (χ3n) is 4.63. The molecule has 0 bridgehead atoms. The second kappa shape index (κ2) is 6.57. The van der Waals surface area contributed by atoms with Crippen LogP contribution in [0.2, 0.25) is 0 Å². The van der Waals surface area contributed by atoms with E-state index in [-0.39, 0.29) is 24.5 Å². The van der Waals surface area contributed by atoms with Crippen LogP contribution in [0, 0.1) is 5.41 Å². The normalized spacial score (nSPS) is 28.4. The standard InChI is InChI=1S/C15H25NO4/c1-2-20-12-8-11(9-12)16-13(17)10-15(14(18)19)6-4-3-5-7-15/h11-12H,2-10H2,1H3,(H,16,17)(H,18,19). The quantitative estimate of drug-likeness (QED) is 0.782. The largest absolute Gasteiger partial charge is 0.481 e. The number of hydrogen-bond donors (Lipinski definition) is 2. The Morgan fingerprint density at radius 2 is 1.90 bits per heavy atom. The van der Waals surface area contributed by atoms with E-state index >= 15 is 0 Å². The van der Waals surface area contributed by atoms with Crippen molar-refractivity contribution in [3.8, 4) is 0 Å². The van der Waals surface area contributed by atoms with Crippen LogP contribution in [-0.2, 0) is 14.3 Å². The van der Waals surface area contributed by atoms with Crippen molar-refractivity contribution in [2.24, 2.45) is 5.41 Å². The predicted octanol–water partition coefficient (Wildman–Crippen LogP) is 2.10. The number of rotatable bonds is 6. The molecular weight excluding hydrogens is 258 g/mol. The van der Waals surface area contributed by atoms with E-state index in [1.54, 1.807) is 0 Å².